The summed E-state index contributed by atoms with van der Waals surface area (Å²) in [5, 5.41) is 16.9. The maximum absolute atomic E-state index is 14.9. The van der Waals surface area contributed by atoms with E-state index in [4.69, 9.17) is 4.74 Å². The molecule has 1 spiro atoms. The highest BCUT2D eigenvalue weighted by molar-refractivity contribution is 5.95. The molecule has 2 N–H and O–H groups in total. The number of rotatable bonds is 8. The highest BCUT2D eigenvalue weighted by atomic mass is 19.4. The largest absolute Gasteiger partial charge is 0.480 e. The molecule has 258 valence electrons. The molecule has 2 fully saturated rings. The number of hydrogen-bond acceptors (Lipinski definition) is 8. The number of carbonyl (C=O) groups excluding carboxylic acids is 1. The van der Waals surface area contributed by atoms with Gasteiger partial charge in [0.2, 0.25) is 12.0 Å². The lowest BCUT2D eigenvalue weighted by Crippen LogP contribution is -2.41. The second kappa shape index (κ2) is 13.1. The van der Waals surface area contributed by atoms with Crippen molar-refractivity contribution in [3.63, 3.8) is 0 Å². The summed E-state index contributed by atoms with van der Waals surface area (Å²) in [5.41, 5.74) is 2.16. The van der Waals surface area contributed by atoms with Gasteiger partial charge in [0.1, 0.15) is 17.7 Å². The monoisotopic (exact) mass is 677 g/mol. The Balaban J connectivity index is 1.32. The standard InChI is InChI=1S/C35H38F3N7O4/c1-21-10-13-45(42-21)28-17-24(23-6-5-7-25(16-23)32(46)43(3)4)8-9-26(28)31(35(36,37)38)49-30-18-29(40-22(2)41-30)44-14-11-34(12-15-44)19-27(33(47)48)39-20-34/h5-10,13,16-18,27,31,39H,11-12,14-15,19-20H2,1-4H3,(H,47,48)/t27-,31?/m0/s1. The van der Waals surface area contributed by atoms with E-state index in [2.05, 4.69) is 20.4 Å². The van der Waals surface area contributed by atoms with E-state index in [0.717, 1.165) is 12.8 Å². The number of amides is 1. The Morgan fingerprint density at radius 1 is 1.04 bits per heavy atom. The van der Waals surface area contributed by atoms with Crippen LogP contribution >= 0.6 is 0 Å². The molecule has 11 nitrogen and oxygen atoms in total. The van der Waals surface area contributed by atoms with E-state index in [-0.39, 0.29) is 34.3 Å². The van der Waals surface area contributed by atoms with Crippen molar-refractivity contribution in [1.82, 2.24) is 30.0 Å². The summed E-state index contributed by atoms with van der Waals surface area (Å²) in [7, 11) is 3.30. The van der Waals surface area contributed by atoms with Crippen molar-refractivity contribution in [3.05, 3.63) is 83.4 Å². The van der Waals surface area contributed by atoms with Crippen molar-refractivity contribution in [3.8, 4) is 22.7 Å². The molecule has 1 amide bonds. The number of nitrogens with zero attached hydrogens (tertiary/aromatic N) is 6. The fourth-order valence-corrected chi connectivity index (χ4v) is 6.64. The molecule has 2 saturated heterocycles. The highest BCUT2D eigenvalue weighted by Crippen LogP contribution is 2.42. The number of aromatic nitrogens is 4. The number of aryl methyl sites for hydroxylation is 2. The molecule has 2 atom stereocenters. The second-order valence-electron chi connectivity index (χ2n) is 13.1. The summed E-state index contributed by atoms with van der Waals surface area (Å²) in [6, 6.07) is 14.0. The number of aliphatic carboxylic acids is 1. The van der Waals surface area contributed by atoms with Crippen LogP contribution in [0.4, 0.5) is 19.0 Å². The molecular weight excluding hydrogens is 639 g/mol. The predicted octanol–water partition coefficient (Wildman–Crippen LogP) is 5.36. The zero-order chi connectivity index (χ0) is 35.1. The number of carboxylic acids is 1. The van der Waals surface area contributed by atoms with Crippen LogP contribution in [0.15, 0.2) is 60.8 Å². The molecule has 14 heteroatoms. The number of carboxylic acid groups (broad SMARTS) is 1. The maximum atomic E-state index is 14.9. The predicted molar refractivity (Wildman–Crippen MR) is 176 cm³/mol. The number of ether oxygens (including phenoxy) is 1. The number of piperidine rings is 1. The molecule has 0 bridgehead atoms. The Morgan fingerprint density at radius 3 is 2.41 bits per heavy atom. The first-order chi connectivity index (χ1) is 23.2. The van der Waals surface area contributed by atoms with Gasteiger partial charge >= 0.3 is 12.1 Å². The second-order valence-corrected chi connectivity index (χ2v) is 13.1. The highest BCUT2D eigenvalue weighted by Gasteiger charge is 2.46. The Morgan fingerprint density at radius 2 is 1.78 bits per heavy atom. The van der Waals surface area contributed by atoms with Gasteiger partial charge in [0.05, 0.1) is 11.4 Å². The van der Waals surface area contributed by atoms with Crippen LogP contribution in [-0.2, 0) is 4.79 Å². The van der Waals surface area contributed by atoms with E-state index in [1.807, 2.05) is 4.90 Å². The summed E-state index contributed by atoms with van der Waals surface area (Å²) in [6.45, 7) is 5.09. The van der Waals surface area contributed by atoms with Crippen molar-refractivity contribution in [1.29, 1.82) is 0 Å². The first-order valence-electron chi connectivity index (χ1n) is 16.0. The smallest absolute Gasteiger partial charge is 0.429 e. The van der Waals surface area contributed by atoms with E-state index < -0.39 is 24.3 Å². The molecule has 0 saturated carbocycles. The molecule has 0 radical (unpaired) electrons. The lowest BCUT2D eigenvalue weighted by molar-refractivity contribution is -0.198. The quantitative estimate of drug-likeness (QED) is 0.254. The molecule has 2 aliphatic heterocycles. The van der Waals surface area contributed by atoms with E-state index in [1.165, 1.54) is 21.7 Å². The van der Waals surface area contributed by atoms with Gasteiger partial charge in [-0.25, -0.2) is 9.67 Å². The molecule has 49 heavy (non-hydrogen) atoms. The van der Waals surface area contributed by atoms with Gasteiger partial charge in [0.15, 0.2) is 0 Å². The van der Waals surface area contributed by atoms with E-state index >= 15 is 0 Å². The molecule has 1 unspecified atom stereocenters. The maximum Gasteiger partial charge on any atom is 0.429 e. The molecule has 2 aromatic carbocycles. The Kier molecular flexibility index (Phi) is 9.09. The van der Waals surface area contributed by atoms with E-state index in [0.29, 0.717) is 54.3 Å². The van der Waals surface area contributed by atoms with E-state index in [1.54, 1.807) is 76.6 Å². The minimum absolute atomic E-state index is 0.140. The topological polar surface area (TPSA) is 126 Å². The van der Waals surface area contributed by atoms with Crippen molar-refractivity contribution < 1.29 is 32.6 Å². The molecular formula is C35H38F3N7O4. The fourth-order valence-electron chi connectivity index (χ4n) is 6.64. The van der Waals surface area contributed by atoms with Crippen LogP contribution in [0.3, 0.4) is 0 Å². The summed E-state index contributed by atoms with van der Waals surface area (Å²) in [6.07, 6.45) is -3.66. The van der Waals surface area contributed by atoms with Crippen LogP contribution in [0, 0.1) is 19.3 Å². The number of carbonyl (C=O) groups is 2. The van der Waals surface area contributed by atoms with Crippen molar-refractivity contribution in [2.45, 2.75) is 51.4 Å². The summed E-state index contributed by atoms with van der Waals surface area (Å²) in [5.74, 6) is -0.576. The summed E-state index contributed by atoms with van der Waals surface area (Å²) in [4.78, 5) is 36.3. The number of anilines is 1. The number of hydrogen-bond donors (Lipinski definition) is 2. The summed E-state index contributed by atoms with van der Waals surface area (Å²) < 4.78 is 52.0. The van der Waals surface area contributed by atoms with Gasteiger partial charge in [0, 0.05) is 57.1 Å². The van der Waals surface area contributed by atoms with Crippen LogP contribution < -0.4 is 15.0 Å². The molecule has 4 heterocycles. The molecule has 6 rings (SSSR count). The minimum Gasteiger partial charge on any atom is -0.480 e. The molecule has 4 aromatic rings. The Hall–Kier alpha value is -4.98. The van der Waals surface area contributed by atoms with Gasteiger partial charge in [-0.1, -0.05) is 24.3 Å². The van der Waals surface area contributed by atoms with Gasteiger partial charge in [0.25, 0.3) is 5.91 Å². The Bertz CT molecular complexity index is 1870. The third kappa shape index (κ3) is 7.24. The van der Waals surface area contributed by atoms with Gasteiger partial charge in [-0.05, 0) is 73.9 Å². The van der Waals surface area contributed by atoms with Crippen LogP contribution in [0.2, 0.25) is 0 Å². The normalized spacial score (nSPS) is 18.0. The zero-order valence-corrected chi connectivity index (χ0v) is 27.7. The lowest BCUT2D eigenvalue weighted by Gasteiger charge is -2.39. The fraction of sp³-hybridized carbons (Fsp3) is 0.400. The molecule has 2 aromatic heterocycles. The number of alkyl halides is 3. The zero-order valence-electron chi connectivity index (χ0n) is 27.7. The third-order valence-electron chi connectivity index (χ3n) is 9.27. The lowest BCUT2D eigenvalue weighted by atomic mass is 9.76. The number of nitrogens with one attached hydrogen (secondary N) is 1. The van der Waals surface area contributed by atoms with E-state index in [9.17, 15) is 27.9 Å². The van der Waals surface area contributed by atoms with Gasteiger partial charge in [-0.15, -0.1) is 0 Å². The van der Waals surface area contributed by atoms with Gasteiger partial charge in [-0.2, -0.15) is 23.3 Å². The first kappa shape index (κ1) is 33.9. The summed E-state index contributed by atoms with van der Waals surface area (Å²) >= 11 is 0. The molecule has 2 aliphatic rings. The minimum atomic E-state index is -4.83. The van der Waals surface area contributed by atoms with Crippen LogP contribution in [0.5, 0.6) is 5.88 Å². The Labute approximate surface area is 281 Å². The average molecular weight is 678 g/mol. The number of halogens is 3. The SMILES string of the molecule is Cc1ccn(-c2cc(-c3cccc(C(=O)N(C)C)c3)ccc2C(Oc2cc(N3CCC4(CC3)CN[C@H](C(=O)O)C4)nc(C)n2)C(F)(F)F)n1. The van der Waals surface area contributed by atoms with Crippen molar-refractivity contribution >= 4 is 17.7 Å². The van der Waals surface area contributed by atoms with Crippen molar-refractivity contribution in [2.75, 3.05) is 38.6 Å². The van der Waals surface area contributed by atoms with Crippen molar-refractivity contribution in [2.24, 2.45) is 5.41 Å². The van der Waals surface area contributed by atoms with Gasteiger partial charge < -0.3 is 25.0 Å². The van der Waals surface area contributed by atoms with Crippen LogP contribution in [-0.4, -0.2) is 87.6 Å². The first-order valence-corrected chi connectivity index (χ1v) is 16.0. The number of benzene rings is 2. The third-order valence-corrected chi connectivity index (χ3v) is 9.27. The van der Waals surface area contributed by atoms with Crippen LogP contribution in [0.1, 0.15) is 52.8 Å². The van der Waals surface area contributed by atoms with Crippen LogP contribution in [0.25, 0.3) is 16.8 Å². The van der Waals surface area contributed by atoms with Gasteiger partial charge in [-0.3, -0.25) is 9.59 Å². The average Bonchev–Trinajstić information content (AvgIpc) is 3.69. The molecule has 0 aliphatic carbocycles.